The SMILES string of the molecule is Cc1cc(Oc2ccc(C(=N)N)cc2)n(C)n1. The molecule has 0 saturated carbocycles. The van der Waals surface area contributed by atoms with E-state index >= 15 is 0 Å². The lowest BCUT2D eigenvalue weighted by molar-refractivity contribution is 0.430. The van der Waals surface area contributed by atoms with Crippen LogP contribution in [0.5, 0.6) is 11.6 Å². The quantitative estimate of drug-likeness (QED) is 0.623. The van der Waals surface area contributed by atoms with Crippen molar-refractivity contribution >= 4 is 5.84 Å². The molecule has 1 heterocycles. The minimum Gasteiger partial charge on any atom is -0.439 e. The second-order valence-electron chi connectivity index (χ2n) is 3.79. The van der Waals surface area contributed by atoms with Crippen LogP contribution in [0.25, 0.3) is 0 Å². The van der Waals surface area contributed by atoms with Gasteiger partial charge in [-0.3, -0.25) is 5.41 Å². The summed E-state index contributed by atoms with van der Waals surface area (Å²) in [6.45, 7) is 1.91. The molecule has 2 rings (SSSR count). The molecule has 0 aliphatic rings. The van der Waals surface area contributed by atoms with E-state index in [0.717, 1.165) is 5.69 Å². The van der Waals surface area contributed by atoms with Gasteiger partial charge in [-0.2, -0.15) is 5.10 Å². The normalized spacial score (nSPS) is 10.2. The molecular weight excluding hydrogens is 216 g/mol. The van der Waals surface area contributed by atoms with Crippen LogP contribution in [0.2, 0.25) is 0 Å². The molecule has 5 heteroatoms. The van der Waals surface area contributed by atoms with Gasteiger partial charge >= 0.3 is 0 Å². The fourth-order valence-electron chi connectivity index (χ4n) is 1.51. The molecule has 0 fully saturated rings. The van der Waals surface area contributed by atoms with E-state index in [0.29, 0.717) is 17.2 Å². The summed E-state index contributed by atoms with van der Waals surface area (Å²) < 4.78 is 7.33. The molecule has 0 radical (unpaired) electrons. The Labute approximate surface area is 99.3 Å². The van der Waals surface area contributed by atoms with Gasteiger partial charge in [0.1, 0.15) is 11.6 Å². The number of ether oxygens (including phenoxy) is 1. The third-order valence-corrected chi connectivity index (χ3v) is 2.35. The van der Waals surface area contributed by atoms with Crippen LogP contribution in [0.15, 0.2) is 30.3 Å². The maximum Gasteiger partial charge on any atom is 0.217 e. The summed E-state index contributed by atoms with van der Waals surface area (Å²) >= 11 is 0. The summed E-state index contributed by atoms with van der Waals surface area (Å²) in [5, 5.41) is 11.5. The molecule has 0 saturated heterocycles. The third kappa shape index (κ3) is 2.44. The molecule has 2 aromatic rings. The fraction of sp³-hybridized carbons (Fsp3) is 0.167. The van der Waals surface area contributed by atoms with E-state index in [2.05, 4.69) is 5.10 Å². The summed E-state index contributed by atoms with van der Waals surface area (Å²) in [6.07, 6.45) is 0. The third-order valence-electron chi connectivity index (χ3n) is 2.35. The molecule has 0 aliphatic heterocycles. The van der Waals surface area contributed by atoms with Crippen LogP contribution in [0.1, 0.15) is 11.3 Å². The second-order valence-corrected chi connectivity index (χ2v) is 3.79. The van der Waals surface area contributed by atoms with Crippen molar-refractivity contribution in [2.45, 2.75) is 6.92 Å². The van der Waals surface area contributed by atoms with Gasteiger partial charge in [-0.25, -0.2) is 4.68 Å². The Balaban J connectivity index is 2.19. The predicted molar refractivity (Wildman–Crippen MR) is 65.5 cm³/mol. The summed E-state index contributed by atoms with van der Waals surface area (Å²) in [5.41, 5.74) is 6.96. The van der Waals surface area contributed by atoms with Gasteiger partial charge in [0.15, 0.2) is 0 Å². The van der Waals surface area contributed by atoms with E-state index in [-0.39, 0.29) is 5.84 Å². The molecule has 1 aromatic heterocycles. The number of nitrogen functional groups attached to an aromatic ring is 1. The van der Waals surface area contributed by atoms with Crippen LogP contribution in [-0.2, 0) is 7.05 Å². The van der Waals surface area contributed by atoms with Crippen molar-refractivity contribution in [2.24, 2.45) is 12.8 Å². The minimum atomic E-state index is 0.0490. The van der Waals surface area contributed by atoms with Gasteiger partial charge in [-0.15, -0.1) is 0 Å². The maximum absolute atomic E-state index is 7.29. The molecule has 0 aliphatic carbocycles. The average molecular weight is 230 g/mol. The zero-order valence-electron chi connectivity index (χ0n) is 9.77. The zero-order valence-corrected chi connectivity index (χ0v) is 9.77. The lowest BCUT2D eigenvalue weighted by atomic mass is 10.2. The van der Waals surface area contributed by atoms with E-state index in [1.165, 1.54) is 0 Å². The smallest absolute Gasteiger partial charge is 0.217 e. The molecule has 0 unspecified atom stereocenters. The Morgan fingerprint density at radius 1 is 1.35 bits per heavy atom. The first-order chi connectivity index (χ1) is 8.06. The lowest BCUT2D eigenvalue weighted by Gasteiger charge is -2.05. The van der Waals surface area contributed by atoms with Gasteiger partial charge < -0.3 is 10.5 Å². The van der Waals surface area contributed by atoms with E-state index in [9.17, 15) is 0 Å². The highest BCUT2D eigenvalue weighted by Gasteiger charge is 2.04. The van der Waals surface area contributed by atoms with Gasteiger partial charge in [0.05, 0.1) is 5.69 Å². The molecule has 3 N–H and O–H groups in total. The Bertz CT molecular complexity index is 542. The van der Waals surface area contributed by atoms with Crippen LogP contribution < -0.4 is 10.5 Å². The molecule has 88 valence electrons. The number of nitrogens with zero attached hydrogens (tertiary/aromatic N) is 2. The monoisotopic (exact) mass is 230 g/mol. The highest BCUT2D eigenvalue weighted by molar-refractivity contribution is 5.94. The first-order valence-electron chi connectivity index (χ1n) is 5.19. The Kier molecular flexibility index (Phi) is 2.82. The van der Waals surface area contributed by atoms with Crippen molar-refractivity contribution in [1.82, 2.24) is 9.78 Å². The number of nitrogens with one attached hydrogen (secondary N) is 1. The van der Waals surface area contributed by atoms with Gasteiger partial charge in [0.2, 0.25) is 5.88 Å². The number of hydrogen-bond acceptors (Lipinski definition) is 3. The highest BCUT2D eigenvalue weighted by Crippen LogP contribution is 2.21. The Morgan fingerprint density at radius 3 is 2.47 bits per heavy atom. The average Bonchev–Trinajstić information content (AvgIpc) is 2.58. The molecular formula is C12H14N4O. The van der Waals surface area contributed by atoms with Crippen LogP contribution >= 0.6 is 0 Å². The number of nitrogens with two attached hydrogens (primary N) is 1. The molecule has 0 bridgehead atoms. The summed E-state index contributed by atoms with van der Waals surface area (Å²) in [7, 11) is 1.83. The Hall–Kier alpha value is -2.30. The van der Waals surface area contributed by atoms with Crippen LogP contribution in [0.3, 0.4) is 0 Å². The van der Waals surface area contributed by atoms with Crippen LogP contribution in [0, 0.1) is 12.3 Å². The number of aromatic nitrogens is 2. The highest BCUT2D eigenvalue weighted by atomic mass is 16.5. The number of rotatable bonds is 3. The van der Waals surface area contributed by atoms with Crippen molar-refractivity contribution in [3.8, 4) is 11.6 Å². The topological polar surface area (TPSA) is 76.9 Å². The van der Waals surface area contributed by atoms with E-state index in [4.69, 9.17) is 15.9 Å². The van der Waals surface area contributed by atoms with E-state index < -0.39 is 0 Å². The molecule has 1 aromatic carbocycles. The molecule has 0 amide bonds. The second kappa shape index (κ2) is 4.29. The van der Waals surface area contributed by atoms with Crippen LogP contribution in [0.4, 0.5) is 0 Å². The van der Waals surface area contributed by atoms with Crippen molar-refractivity contribution < 1.29 is 4.74 Å². The summed E-state index contributed by atoms with van der Waals surface area (Å²) in [5.74, 6) is 1.42. The van der Waals surface area contributed by atoms with Gasteiger partial charge in [0, 0.05) is 18.7 Å². The Morgan fingerprint density at radius 2 is 2.00 bits per heavy atom. The fourth-order valence-corrected chi connectivity index (χ4v) is 1.51. The maximum atomic E-state index is 7.29. The van der Waals surface area contributed by atoms with Gasteiger partial charge in [-0.1, -0.05) is 0 Å². The number of hydrogen-bond donors (Lipinski definition) is 2. The molecule has 0 atom stereocenters. The van der Waals surface area contributed by atoms with Crippen LogP contribution in [-0.4, -0.2) is 15.6 Å². The van der Waals surface area contributed by atoms with E-state index in [1.807, 2.05) is 20.0 Å². The molecule has 0 spiro atoms. The standard InChI is InChI=1S/C12H14N4O/c1-8-7-11(16(2)15-8)17-10-5-3-9(4-6-10)12(13)14/h3-7H,1-2H3,(H3,13,14). The summed E-state index contributed by atoms with van der Waals surface area (Å²) in [6, 6.07) is 8.92. The predicted octanol–water partition coefficient (Wildman–Crippen LogP) is 1.80. The van der Waals surface area contributed by atoms with Crippen molar-refractivity contribution in [3.63, 3.8) is 0 Å². The summed E-state index contributed by atoms with van der Waals surface area (Å²) in [4.78, 5) is 0. The first kappa shape index (κ1) is 11.2. The molecule has 17 heavy (non-hydrogen) atoms. The van der Waals surface area contributed by atoms with Gasteiger partial charge in [0.25, 0.3) is 0 Å². The van der Waals surface area contributed by atoms with E-state index in [1.54, 1.807) is 28.9 Å². The first-order valence-corrected chi connectivity index (χ1v) is 5.19. The minimum absolute atomic E-state index is 0.0490. The van der Waals surface area contributed by atoms with Crippen molar-refractivity contribution in [2.75, 3.05) is 0 Å². The molecule has 5 nitrogen and oxygen atoms in total. The van der Waals surface area contributed by atoms with Crippen molar-refractivity contribution in [3.05, 3.63) is 41.6 Å². The van der Waals surface area contributed by atoms with Gasteiger partial charge in [-0.05, 0) is 31.2 Å². The number of amidine groups is 1. The lowest BCUT2D eigenvalue weighted by Crippen LogP contribution is -2.10. The number of aryl methyl sites for hydroxylation is 2. The zero-order chi connectivity index (χ0) is 12.4. The van der Waals surface area contributed by atoms with Crippen molar-refractivity contribution in [1.29, 1.82) is 5.41 Å². The largest absolute Gasteiger partial charge is 0.439 e. The number of benzene rings is 1.